The van der Waals surface area contributed by atoms with Crippen LogP contribution in [0.3, 0.4) is 0 Å². The topological polar surface area (TPSA) is 80.2 Å². The van der Waals surface area contributed by atoms with Gasteiger partial charge in [0.05, 0.1) is 17.9 Å². The van der Waals surface area contributed by atoms with Crippen molar-refractivity contribution >= 4 is 27.9 Å². The lowest BCUT2D eigenvalue weighted by atomic mass is 9.88. The molecule has 8 heteroatoms. The number of rotatable bonds is 2. The molecule has 3 heterocycles. The van der Waals surface area contributed by atoms with Gasteiger partial charge in [0.25, 0.3) is 5.91 Å². The predicted octanol–water partition coefficient (Wildman–Crippen LogP) is 7.14. The van der Waals surface area contributed by atoms with Crippen LogP contribution in [0.15, 0.2) is 71.8 Å². The molecule has 0 spiro atoms. The standard InChI is InChI=1S/C33H37N5O2S/c1-8-41-25-14-10-13-23(17-25)31(39)38(7)20-28(26-16-15-24(19-34-26)33(4,5)6)40-29-18-27(35-32(36-29)37-41)30-21(2)11-9-12-22(30)3/h8-19,28H,20H2,1-7H3,(H,35,36,37). The summed E-state index contributed by atoms with van der Waals surface area (Å²) in [7, 11) is 1.25. The van der Waals surface area contributed by atoms with Gasteiger partial charge < -0.3 is 14.4 Å². The second kappa shape index (κ2) is 11.4. The zero-order valence-electron chi connectivity index (χ0n) is 24.7. The molecule has 0 saturated carbocycles. The third-order valence-corrected chi connectivity index (χ3v) is 8.88. The number of benzene rings is 2. The van der Waals surface area contributed by atoms with Gasteiger partial charge in [0, 0.05) is 35.3 Å². The average Bonchev–Trinajstić information content (AvgIpc) is 2.94. The van der Waals surface area contributed by atoms with E-state index in [0.29, 0.717) is 23.9 Å². The fraction of sp³-hybridized carbons (Fsp3) is 0.303. The lowest BCUT2D eigenvalue weighted by molar-refractivity contribution is 0.0702. The largest absolute Gasteiger partial charge is 0.466 e. The first kappa shape index (κ1) is 28.5. The Hall–Kier alpha value is -4.04. The monoisotopic (exact) mass is 567 g/mol. The molecule has 1 N–H and O–H groups in total. The van der Waals surface area contributed by atoms with Gasteiger partial charge in [-0.2, -0.15) is 4.98 Å². The van der Waals surface area contributed by atoms with Gasteiger partial charge in [0.2, 0.25) is 11.8 Å². The Bertz CT molecular complexity index is 1610. The van der Waals surface area contributed by atoms with Crippen molar-refractivity contribution in [3.8, 4) is 17.1 Å². The summed E-state index contributed by atoms with van der Waals surface area (Å²) >= 11 is 0. The third kappa shape index (κ3) is 6.17. The minimum Gasteiger partial charge on any atom is -0.466 e. The number of nitrogens with one attached hydrogen (secondary N) is 1. The molecule has 2 aromatic heterocycles. The van der Waals surface area contributed by atoms with E-state index in [1.807, 2.05) is 55.6 Å². The van der Waals surface area contributed by atoms with Crippen molar-refractivity contribution in [3.63, 3.8) is 0 Å². The maximum atomic E-state index is 13.6. The number of hydrogen-bond acceptors (Lipinski definition) is 6. The van der Waals surface area contributed by atoms with E-state index in [0.717, 1.165) is 38.5 Å². The molecule has 0 fully saturated rings. The summed E-state index contributed by atoms with van der Waals surface area (Å²) in [6.45, 7) is 12.9. The van der Waals surface area contributed by atoms with E-state index in [1.165, 1.54) is 0 Å². The van der Waals surface area contributed by atoms with Gasteiger partial charge in [0.1, 0.15) is 0 Å². The number of aryl methyl sites for hydroxylation is 2. The number of fused-ring (bicyclic) bond motifs is 4. The molecule has 212 valence electrons. The second-order valence-electron chi connectivity index (χ2n) is 11.4. The highest BCUT2D eigenvalue weighted by Crippen LogP contribution is 2.34. The van der Waals surface area contributed by atoms with Crippen LogP contribution in [0.1, 0.15) is 66.5 Å². The second-order valence-corrected chi connectivity index (χ2v) is 13.2. The van der Waals surface area contributed by atoms with Crippen LogP contribution < -0.4 is 9.46 Å². The number of carbonyl (C=O) groups is 1. The summed E-state index contributed by atoms with van der Waals surface area (Å²) in [6, 6.07) is 19.9. The highest BCUT2D eigenvalue weighted by molar-refractivity contribution is 8.16. The Morgan fingerprint density at radius 3 is 2.41 bits per heavy atom. The highest BCUT2D eigenvalue weighted by atomic mass is 32.2. The Morgan fingerprint density at radius 2 is 1.76 bits per heavy atom. The lowest BCUT2D eigenvalue weighted by Crippen LogP contribution is -2.33. The Labute approximate surface area is 245 Å². The molecule has 0 saturated heterocycles. The average molecular weight is 568 g/mol. The molecule has 5 rings (SSSR count). The number of anilines is 1. The van der Waals surface area contributed by atoms with Crippen LogP contribution in [-0.4, -0.2) is 44.7 Å². The maximum absolute atomic E-state index is 13.6. The Kier molecular flexibility index (Phi) is 7.95. The first-order chi connectivity index (χ1) is 19.5. The molecule has 2 aromatic carbocycles. The van der Waals surface area contributed by atoms with Crippen LogP contribution in [0.25, 0.3) is 11.3 Å². The Morgan fingerprint density at radius 1 is 1.02 bits per heavy atom. The van der Waals surface area contributed by atoms with E-state index in [1.54, 1.807) is 11.9 Å². The molecule has 7 nitrogen and oxygen atoms in total. The molecule has 4 bridgehead atoms. The van der Waals surface area contributed by atoms with Crippen LogP contribution in [-0.2, 0) is 5.41 Å². The van der Waals surface area contributed by atoms with Crippen LogP contribution >= 0.6 is 10.7 Å². The molecule has 1 aliphatic rings. The van der Waals surface area contributed by atoms with Gasteiger partial charge in [0.15, 0.2) is 6.10 Å². The van der Waals surface area contributed by atoms with Crippen molar-refractivity contribution < 1.29 is 9.53 Å². The number of nitrogens with zero attached hydrogens (tertiary/aromatic N) is 4. The van der Waals surface area contributed by atoms with Gasteiger partial charge in [-0.3, -0.25) is 9.78 Å². The summed E-state index contributed by atoms with van der Waals surface area (Å²) in [5.41, 5.74) is 6.49. The Balaban J connectivity index is 1.68. The molecule has 4 aromatic rings. The van der Waals surface area contributed by atoms with Crippen LogP contribution in [0.5, 0.6) is 5.88 Å². The van der Waals surface area contributed by atoms with E-state index in [-0.39, 0.29) is 11.3 Å². The normalized spacial score (nSPS) is 17.6. The molecular formula is C33H37N5O2S. The number of ether oxygens (including phenoxy) is 1. The van der Waals surface area contributed by atoms with Gasteiger partial charge in [-0.1, -0.05) is 61.8 Å². The number of hydrogen-bond donors (Lipinski definition) is 1. The number of amides is 1. The van der Waals surface area contributed by atoms with E-state index < -0.39 is 16.8 Å². The first-order valence-electron chi connectivity index (χ1n) is 13.8. The van der Waals surface area contributed by atoms with Crippen molar-refractivity contribution in [2.75, 3.05) is 18.3 Å². The van der Waals surface area contributed by atoms with Gasteiger partial charge >= 0.3 is 0 Å². The predicted molar refractivity (Wildman–Crippen MR) is 168 cm³/mol. The molecule has 2 atom stereocenters. The van der Waals surface area contributed by atoms with Crippen molar-refractivity contribution in [1.82, 2.24) is 19.9 Å². The summed E-state index contributed by atoms with van der Waals surface area (Å²) < 4.78 is 10.1. The van der Waals surface area contributed by atoms with Crippen molar-refractivity contribution in [3.05, 3.63) is 94.8 Å². The number of likely N-dealkylation sites (N-methyl/N-ethyl adjacent to an activating group) is 1. The van der Waals surface area contributed by atoms with Crippen molar-refractivity contribution in [2.45, 2.75) is 58.0 Å². The summed E-state index contributed by atoms with van der Waals surface area (Å²) in [6.07, 6.45) is 1.34. The molecule has 1 amide bonds. The molecule has 41 heavy (non-hydrogen) atoms. The summed E-state index contributed by atoms with van der Waals surface area (Å²) in [5, 5.41) is 2.06. The third-order valence-electron chi connectivity index (χ3n) is 7.24. The fourth-order valence-corrected chi connectivity index (χ4v) is 6.20. The molecule has 0 aliphatic carbocycles. The lowest BCUT2D eigenvalue weighted by Gasteiger charge is -2.26. The fourth-order valence-electron chi connectivity index (χ4n) is 4.92. The van der Waals surface area contributed by atoms with E-state index in [2.05, 4.69) is 62.9 Å². The zero-order valence-corrected chi connectivity index (χ0v) is 25.5. The first-order valence-corrected chi connectivity index (χ1v) is 15.1. The van der Waals surface area contributed by atoms with Gasteiger partial charge in [-0.25, -0.2) is 4.98 Å². The highest BCUT2D eigenvalue weighted by Gasteiger charge is 2.25. The van der Waals surface area contributed by atoms with E-state index >= 15 is 0 Å². The minimum atomic E-state index is -0.550. The number of aromatic nitrogens is 3. The number of pyridine rings is 1. The summed E-state index contributed by atoms with van der Waals surface area (Å²) in [5.74, 6) is 0.790. The van der Waals surface area contributed by atoms with E-state index in [4.69, 9.17) is 19.7 Å². The van der Waals surface area contributed by atoms with Gasteiger partial charge in [-0.15, -0.1) is 0 Å². The van der Waals surface area contributed by atoms with Gasteiger partial charge in [-0.05, 0) is 72.5 Å². The minimum absolute atomic E-state index is 0.0317. The summed E-state index contributed by atoms with van der Waals surface area (Å²) in [4.78, 5) is 30.8. The number of carbonyl (C=O) groups excluding carboxylic acids is 1. The molecule has 1 aliphatic heterocycles. The molecule has 0 radical (unpaired) electrons. The van der Waals surface area contributed by atoms with Crippen molar-refractivity contribution in [2.24, 2.45) is 0 Å². The van der Waals surface area contributed by atoms with Crippen LogP contribution in [0, 0.1) is 13.8 Å². The van der Waals surface area contributed by atoms with Crippen LogP contribution in [0.2, 0.25) is 0 Å². The maximum Gasteiger partial charge on any atom is 0.253 e. The quantitative estimate of drug-likeness (QED) is 0.260. The SMILES string of the molecule is C/C=S1/Nc2nc(cc(-c3c(C)cccc3C)n2)OC(c2ccc(C(C)(C)C)cn2)CN(C)C(=O)c2cccc1c2. The van der Waals surface area contributed by atoms with E-state index in [9.17, 15) is 4.79 Å². The van der Waals surface area contributed by atoms with Crippen LogP contribution in [0.4, 0.5) is 5.95 Å². The molecule has 2 unspecified atom stereocenters. The van der Waals surface area contributed by atoms with Crippen molar-refractivity contribution in [1.29, 1.82) is 0 Å². The molecular weight excluding hydrogens is 530 g/mol. The zero-order chi connectivity index (χ0) is 29.3. The smallest absolute Gasteiger partial charge is 0.253 e.